The molecule has 0 amide bonds. The smallest absolute Gasteiger partial charge is 0.132 e. The Morgan fingerprint density at radius 1 is 1.05 bits per heavy atom. The highest BCUT2D eigenvalue weighted by molar-refractivity contribution is 5.48. The predicted molar refractivity (Wildman–Crippen MR) is 85.6 cm³/mol. The molecule has 0 radical (unpaired) electrons. The molecule has 2 aromatic rings. The maximum Gasteiger partial charge on any atom is 0.132 e. The van der Waals surface area contributed by atoms with Gasteiger partial charge in [-0.05, 0) is 29.7 Å². The molecule has 4 heteroatoms. The molecule has 0 spiro atoms. The van der Waals surface area contributed by atoms with Gasteiger partial charge in [0.2, 0.25) is 0 Å². The Morgan fingerprint density at radius 2 is 1.81 bits per heavy atom. The minimum absolute atomic E-state index is 0.0389. The third kappa shape index (κ3) is 3.66. The molecule has 2 rings (SSSR count). The summed E-state index contributed by atoms with van der Waals surface area (Å²) in [5, 5.41) is 3.01. The summed E-state index contributed by atoms with van der Waals surface area (Å²) >= 11 is 0. The van der Waals surface area contributed by atoms with E-state index in [0.717, 1.165) is 28.6 Å². The van der Waals surface area contributed by atoms with Crippen LogP contribution in [0.25, 0.3) is 0 Å². The summed E-state index contributed by atoms with van der Waals surface area (Å²) < 4.78 is 11.4. The molecule has 0 atom stereocenters. The van der Waals surface area contributed by atoms with Crippen molar-refractivity contribution in [2.75, 3.05) is 19.5 Å². The Morgan fingerprint density at radius 3 is 2.43 bits per heavy atom. The van der Waals surface area contributed by atoms with Crippen LogP contribution in [0, 0.1) is 0 Å². The van der Waals surface area contributed by atoms with E-state index in [0.29, 0.717) is 0 Å². The summed E-state index contributed by atoms with van der Waals surface area (Å²) in [6.07, 6.45) is 1.72. The average Bonchev–Trinajstić information content (AvgIpc) is 2.46. The molecule has 1 aromatic carbocycles. The summed E-state index contributed by atoms with van der Waals surface area (Å²) in [6.45, 7) is 6.46. The minimum Gasteiger partial charge on any atom is -0.497 e. The Balaban J connectivity index is 2.39. The highest BCUT2D eigenvalue weighted by Crippen LogP contribution is 2.36. The van der Waals surface area contributed by atoms with E-state index in [1.54, 1.807) is 13.3 Å². The third-order valence-corrected chi connectivity index (χ3v) is 3.21. The molecule has 0 aliphatic carbocycles. The van der Waals surface area contributed by atoms with Crippen LogP contribution in [0.1, 0.15) is 26.3 Å². The standard InChI is InChI=1S/C17H22N2O2/c1-17(2,3)14-10-12(20-5)6-7-15(14)21-13-8-9-19-16(11-13)18-4/h6-11H,1-5H3,(H,18,19). The fourth-order valence-corrected chi connectivity index (χ4v) is 2.05. The number of benzene rings is 1. The molecule has 0 saturated carbocycles. The molecule has 1 heterocycles. The van der Waals surface area contributed by atoms with Gasteiger partial charge in [0.15, 0.2) is 0 Å². The van der Waals surface area contributed by atoms with E-state index in [-0.39, 0.29) is 5.41 Å². The number of rotatable bonds is 4. The molecule has 1 aromatic heterocycles. The number of methoxy groups -OCH3 is 1. The van der Waals surface area contributed by atoms with Crippen molar-refractivity contribution in [1.82, 2.24) is 4.98 Å². The molecule has 21 heavy (non-hydrogen) atoms. The van der Waals surface area contributed by atoms with Crippen LogP contribution < -0.4 is 14.8 Å². The van der Waals surface area contributed by atoms with E-state index in [9.17, 15) is 0 Å². The second-order valence-corrected chi connectivity index (χ2v) is 5.84. The van der Waals surface area contributed by atoms with Crippen molar-refractivity contribution in [1.29, 1.82) is 0 Å². The van der Waals surface area contributed by atoms with E-state index in [2.05, 4.69) is 31.1 Å². The van der Waals surface area contributed by atoms with Gasteiger partial charge < -0.3 is 14.8 Å². The van der Waals surface area contributed by atoms with Crippen LogP contribution in [0.15, 0.2) is 36.5 Å². The van der Waals surface area contributed by atoms with E-state index in [4.69, 9.17) is 9.47 Å². The maximum atomic E-state index is 6.04. The van der Waals surface area contributed by atoms with Crippen molar-refractivity contribution < 1.29 is 9.47 Å². The lowest BCUT2D eigenvalue weighted by Crippen LogP contribution is -2.12. The summed E-state index contributed by atoms with van der Waals surface area (Å²) in [4.78, 5) is 4.19. The lowest BCUT2D eigenvalue weighted by atomic mass is 9.86. The van der Waals surface area contributed by atoms with Gasteiger partial charge in [-0.25, -0.2) is 4.98 Å². The van der Waals surface area contributed by atoms with Crippen molar-refractivity contribution in [2.45, 2.75) is 26.2 Å². The number of anilines is 1. The fourth-order valence-electron chi connectivity index (χ4n) is 2.05. The molecule has 4 nitrogen and oxygen atoms in total. The largest absolute Gasteiger partial charge is 0.497 e. The van der Waals surface area contributed by atoms with E-state index < -0.39 is 0 Å². The number of hydrogen-bond acceptors (Lipinski definition) is 4. The lowest BCUT2D eigenvalue weighted by Gasteiger charge is -2.23. The molecule has 0 saturated heterocycles. The van der Waals surface area contributed by atoms with Gasteiger partial charge in [0.05, 0.1) is 7.11 Å². The summed E-state index contributed by atoms with van der Waals surface area (Å²) in [5.41, 5.74) is 1.06. The first-order valence-corrected chi connectivity index (χ1v) is 6.94. The molecule has 1 N–H and O–H groups in total. The van der Waals surface area contributed by atoms with Crippen LogP contribution in [0.2, 0.25) is 0 Å². The van der Waals surface area contributed by atoms with Crippen LogP contribution in [-0.2, 0) is 5.41 Å². The average molecular weight is 286 g/mol. The van der Waals surface area contributed by atoms with Crippen molar-refractivity contribution in [3.63, 3.8) is 0 Å². The number of aromatic nitrogens is 1. The first kappa shape index (κ1) is 15.2. The van der Waals surface area contributed by atoms with Crippen LogP contribution in [-0.4, -0.2) is 19.1 Å². The van der Waals surface area contributed by atoms with Gasteiger partial charge in [-0.3, -0.25) is 0 Å². The minimum atomic E-state index is -0.0389. The van der Waals surface area contributed by atoms with E-state index >= 15 is 0 Å². The Hall–Kier alpha value is -2.23. The highest BCUT2D eigenvalue weighted by atomic mass is 16.5. The van der Waals surface area contributed by atoms with Crippen LogP contribution in [0.5, 0.6) is 17.2 Å². The molecule has 0 fully saturated rings. The Labute approximate surface area is 126 Å². The predicted octanol–water partition coefficient (Wildman–Crippen LogP) is 4.22. The Bertz CT molecular complexity index is 618. The number of hydrogen-bond donors (Lipinski definition) is 1. The number of ether oxygens (including phenoxy) is 2. The lowest BCUT2D eigenvalue weighted by molar-refractivity contribution is 0.407. The summed E-state index contributed by atoms with van der Waals surface area (Å²) in [6, 6.07) is 9.59. The zero-order valence-electron chi connectivity index (χ0n) is 13.2. The SMILES string of the molecule is CNc1cc(Oc2ccc(OC)cc2C(C)(C)C)ccn1. The molecular formula is C17H22N2O2. The summed E-state index contributed by atoms with van der Waals surface area (Å²) in [7, 11) is 3.50. The van der Waals surface area contributed by atoms with Crippen molar-refractivity contribution >= 4 is 5.82 Å². The molecular weight excluding hydrogens is 264 g/mol. The van der Waals surface area contributed by atoms with Gasteiger partial charge in [0.25, 0.3) is 0 Å². The number of nitrogens with one attached hydrogen (secondary N) is 1. The maximum absolute atomic E-state index is 6.04. The van der Waals surface area contributed by atoms with Gasteiger partial charge in [0, 0.05) is 24.9 Å². The van der Waals surface area contributed by atoms with E-state index in [1.807, 2.05) is 37.4 Å². The second kappa shape index (κ2) is 6.04. The topological polar surface area (TPSA) is 43.4 Å². The number of nitrogens with zero attached hydrogens (tertiary/aromatic N) is 1. The van der Waals surface area contributed by atoms with Crippen LogP contribution in [0.3, 0.4) is 0 Å². The quantitative estimate of drug-likeness (QED) is 0.913. The second-order valence-electron chi connectivity index (χ2n) is 5.84. The van der Waals surface area contributed by atoms with Crippen molar-refractivity contribution in [3.05, 3.63) is 42.1 Å². The van der Waals surface area contributed by atoms with Crippen LogP contribution in [0.4, 0.5) is 5.82 Å². The first-order valence-electron chi connectivity index (χ1n) is 6.94. The van der Waals surface area contributed by atoms with Gasteiger partial charge in [-0.1, -0.05) is 20.8 Å². The molecule has 112 valence electrons. The fraction of sp³-hybridized carbons (Fsp3) is 0.353. The van der Waals surface area contributed by atoms with Crippen molar-refractivity contribution in [3.8, 4) is 17.2 Å². The summed E-state index contributed by atoms with van der Waals surface area (Å²) in [5.74, 6) is 3.19. The molecule has 0 bridgehead atoms. The molecule has 0 unspecified atom stereocenters. The van der Waals surface area contributed by atoms with Gasteiger partial charge >= 0.3 is 0 Å². The zero-order valence-corrected chi connectivity index (χ0v) is 13.2. The number of pyridine rings is 1. The molecule has 0 aliphatic rings. The van der Waals surface area contributed by atoms with Gasteiger partial charge in [-0.15, -0.1) is 0 Å². The van der Waals surface area contributed by atoms with Crippen LogP contribution >= 0.6 is 0 Å². The monoisotopic (exact) mass is 286 g/mol. The zero-order chi connectivity index (χ0) is 15.5. The van der Waals surface area contributed by atoms with Gasteiger partial charge in [-0.2, -0.15) is 0 Å². The highest BCUT2D eigenvalue weighted by Gasteiger charge is 2.20. The first-order chi connectivity index (χ1) is 9.94. The van der Waals surface area contributed by atoms with E-state index in [1.165, 1.54) is 0 Å². The normalized spacial score (nSPS) is 11.1. The third-order valence-electron chi connectivity index (χ3n) is 3.21. The van der Waals surface area contributed by atoms with Crippen molar-refractivity contribution in [2.24, 2.45) is 0 Å². The molecule has 0 aliphatic heterocycles. The van der Waals surface area contributed by atoms with Gasteiger partial charge in [0.1, 0.15) is 23.1 Å². The Kier molecular flexibility index (Phi) is 4.36.